The largest absolute Gasteiger partial charge is 0.478 e. The van der Waals surface area contributed by atoms with Gasteiger partial charge in [-0.3, -0.25) is 9.82 Å². The minimum absolute atomic E-state index is 0.0208. The molecule has 0 aliphatic rings. The van der Waals surface area contributed by atoms with E-state index in [-0.39, 0.29) is 16.3 Å². The molecule has 0 radical (unpaired) electrons. The molecule has 3 N–H and O–H groups in total. The SMILES string of the molecule is CCCc1cc(NS(=O)(=O)c2ccc(C(=O)O)cc2)n[nH]1. The first-order valence-corrected chi connectivity index (χ1v) is 7.81. The van der Waals surface area contributed by atoms with E-state index in [2.05, 4.69) is 14.9 Å². The van der Waals surface area contributed by atoms with Crippen molar-refractivity contribution in [3.05, 3.63) is 41.6 Å². The molecular formula is C13H15N3O4S. The van der Waals surface area contributed by atoms with Gasteiger partial charge in [-0.05, 0) is 30.7 Å². The molecule has 8 heteroatoms. The number of aromatic nitrogens is 2. The van der Waals surface area contributed by atoms with Crippen molar-refractivity contribution in [3.63, 3.8) is 0 Å². The molecule has 0 fully saturated rings. The van der Waals surface area contributed by atoms with Crippen molar-refractivity contribution in [1.29, 1.82) is 0 Å². The maximum Gasteiger partial charge on any atom is 0.335 e. The predicted octanol–water partition coefficient (Wildman–Crippen LogP) is 1.86. The van der Waals surface area contributed by atoms with Gasteiger partial charge in [0.2, 0.25) is 0 Å². The summed E-state index contributed by atoms with van der Waals surface area (Å²) in [7, 11) is -3.78. The number of hydrogen-bond donors (Lipinski definition) is 3. The zero-order valence-electron chi connectivity index (χ0n) is 11.3. The lowest BCUT2D eigenvalue weighted by molar-refractivity contribution is 0.0696. The molecule has 112 valence electrons. The third-order valence-electron chi connectivity index (χ3n) is 2.80. The fourth-order valence-electron chi connectivity index (χ4n) is 1.78. The van der Waals surface area contributed by atoms with Crippen molar-refractivity contribution < 1.29 is 18.3 Å². The van der Waals surface area contributed by atoms with E-state index in [1.54, 1.807) is 6.07 Å². The molecule has 7 nitrogen and oxygen atoms in total. The van der Waals surface area contributed by atoms with Crippen molar-refractivity contribution in [2.24, 2.45) is 0 Å². The second-order valence-corrected chi connectivity index (χ2v) is 6.15. The number of carboxylic acid groups (broad SMARTS) is 1. The van der Waals surface area contributed by atoms with Crippen LogP contribution in [0.5, 0.6) is 0 Å². The fraction of sp³-hybridized carbons (Fsp3) is 0.231. The number of aryl methyl sites for hydroxylation is 1. The van der Waals surface area contributed by atoms with Crippen LogP contribution in [0.1, 0.15) is 29.4 Å². The Bertz CT molecular complexity index is 735. The summed E-state index contributed by atoms with van der Waals surface area (Å²) >= 11 is 0. The van der Waals surface area contributed by atoms with Crippen LogP contribution in [0.25, 0.3) is 0 Å². The maximum atomic E-state index is 12.1. The Kier molecular flexibility index (Phi) is 4.27. The Labute approximate surface area is 122 Å². The molecule has 0 bridgehead atoms. The van der Waals surface area contributed by atoms with Crippen LogP contribution in [0.2, 0.25) is 0 Å². The molecule has 0 amide bonds. The van der Waals surface area contributed by atoms with E-state index in [1.807, 2.05) is 6.92 Å². The van der Waals surface area contributed by atoms with E-state index in [9.17, 15) is 13.2 Å². The van der Waals surface area contributed by atoms with E-state index in [0.29, 0.717) is 0 Å². The fourth-order valence-corrected chi connectivity index (χ4v) is 2.78. The first-order chi connectivity index (χ1) is 9.92. The lowest BCUT2D eigenvalue weighted by atomic mass is 10.2. The Morgan fingerprint density at radius 3 is 2.57 bits per heavy atom. The van der Waals surface area contributed by atoms with E-state index in [0.717, 1.165) is 18.5 Å². The van der Waals surface area contributed by atoms with Crippen molar-refractivity contribution in [2.75, 3.05) is 4.72 Å². The highest BCUT2D eigenvalue weighted by Crippen LogP contribution is 2.16. The number of anilines is 1. The lowest BCUT2D eigenvalue weighted by Crippen LogP contribution is -2.13. The highest BCUT2D eigenvalue weighted by molar-refractivity contribution is 7.92. The highest BCUT2D eigenvalue weighted by Gasteiger charge is 2.16. The lowest BCUT2D eigenvalue weighted by Gasteiger charge is -2.05. The average Bonchev–Trinajstić information content (AvgIpc) is 2.86. The topological polar surface area (TPSA) is 112 Å². The minimum Gasteiger partial charge on any atom is -0.478 e. The van der Waals surface area contributed by atoms with Gasteiger partial charge >= 0.3 is 5.97 Å². The second-order valence-electron chi connectivity index (χ2n) is 4.46. The molecule has 0 saturated carbocycles. The van der Waals surface area contributed by atoms with E-state index in [4.69, 9.17) is 5.11 Å². The third-order valence-corrected chi connectivity index (χ3v) is 4.17. The number of benzene rings is 1. The summed E-state index contributed by atoms with van der Waals surface area (Å²) in [4.78, 5) is 10.7. The minimum atomic E-state index is -3.78. The van der Waals surface area contributed by atoms with Gasteiger partial charge in [-0.2, -0.15) is 5.10 Å². The van der Waals surface area contributed by atoms with Gasteiger partial charge < -0.3 is 5.11 Å². The van der Waals surface area contributed by atoms with Crippen LogP contribution in [-0.4, -0.2) is 29.7 Å². The van der Waals surface area contributed by atoms with Crippen molar-refractivity contribution in [1.82, 2.24) is 10.2 Å². The van der Waals surface area contributed by atoms with Gasteiger partial charge in [0.1, 0.15) is 0 Å². The first-order valence-electron chi connectivity index (χ1n) is 6.33. The van der Waals surface area contributed by atoms with Crippen LogP contribution in [-0.2, 0) is 16.4 Å². The van der Waals surface area contributed by atoms with Gasteiger partial charge in [-0.25, -0.2) is 13.2 Å². The summed E-state index contributed by atoms with van der Waals surface area (Å²) in [5, 5.41) is 15.4. The first kappa shape index (κ1) is 15.0. The smallest absolute Gasteiger partial charge is 0.335 e. The molecule has 0 spiro atoms. The van der Waals surface area contributed by atoms with E-state index < -0.39 is 16.0 Å². The highest BCUT2D eigenvalue weighted by atomic mass is 32.2. The van der Waals surface area contributed by atoms with Gasteiger partial charge in [0.25, 0.3) is 10.0 Å². The molecule has 1 aromatic heterocycles. The van der Waals surface area contributed by atoms with Crippen molar-refractivity contribution in [2.45, 2.75) is 24.7 Å². The van der Waals surface area contributed by atoms with Crippen molar-refractivity contribution >= 4 is 21.8 Å². The zero-order valence-corrected chi connectivity index (χ0v) is 12.1. The van der Waals surface area contributed by atoms with Gasteiger partial charge in [-0.1, -0.05) is 13.3 Å². The van der Waals surface area contributed by atoms with E-state index >= 15 is 0 Å². The van der Waals surface area contributed by atoms with Crippen LogP contribution in [0.3, 0.4) is 0 Å². The van der Waals surface area contributed by atoms with Gasteiger partial charge in [0.15, 0.2) is 5.82 Å². The number of nitrogens with zero attached hydrogens (tertiary/aromatic N) is 1. The Morgan fingerprint density at radius 1 is 1.33 bits per heavy atom. The number of sulfonamides is 1. The predicted molar refractivity (Wildman–Crippen MR) is 76.8 cm³/mol. The van der Waals surface area contributed by atoms with Crippen LogP contribution < -0.4 is 4.72 Å². The molecule has 2 rings (SSSR count). The number of aromatic amines is 1. The normalized spacial score (nSPS) is 11.3. The van der Waals surface area contributed by atoms with Crippen LogP contribution in [0.4, 0.5) is 5.82 Å². The van der Waals surface area contributed by atoms with Crippen molar-refractivity contribution in [3.8, 4) is 0 Å². The average molecular weight is 309 g/mol. The zero-order chi connectivity index (χ0) is 15.5. The molecule has 0 aliphatic carbocycles. The van der Waals surface area contributed by atoms with Gasteiger partial charge in [0, 0.05) is 11.8 Å². The summed E-state index contributed by atoms with van der Waals surface area (Å²) in [6, 6.07) is 6.59. The molecule has 2 aromatic rings. The summed E-state index contributed by atoms with van der Waals surface area (Å²) in [5.74, 6) is -0.899. The maximum absolute atomic E-state index is 12.1. The monoisotopic (exact) mass is 309 g/mol. The summed E-state index contributed by atoms with van der Waals surface area (Å²) < 4.78 is 26.6. The third kappa shape index (κ3) is 3.60. The van der Waals surface area contributed by atoms with Crippen LogP contribution >= 0.6 is 0 Å². The number of hydrogen-bond acceptors (Lipinski definition) is 4. The Morgan fingerprint density at radius 2 is 2.00 bits per heavy atom. The number of H-pyrrole nitrogens is 1. The molecule has 0 aliphatic heterocycles. The Hall–Kier alpha value is -2.35. The molecule has 0 atom stereocenters. The van der Waals surface area contributed by atoms with E-state index in [1.165, 1.54) is 24.3 Å². The summed E-state index contributed by atoms with van der Waals surface area (Å²) in [6.07, 6.45) is 1.70. The molecule has 0 saturated heterocycles. The van der Waals surface area contributed by atoms with Crippen LogP contribution in [0, 0.1) is 0 Å². The molecule has 21 heavy (non-hydrogen) atoms. The molecule has 1 aromatic carbocycles. The number of carboxylic acids is 1. The van der Waals surface area contributed by atoms with Crippen LogP contribution in [0.15, 0.2) is 35.2 Å². The summed E-state index contributed by atoms with van der Waals surface area (Å²) in [6.45, 7) is 2.01. The standard InChI is InChI=1S/C13H15N3O4S/c1-2-3-10-8-12(15-14-10)16-21(19,20)11-6-4-9(5-7-11)13(17)18/h4-8H,2-3H2,1H3,(H,17,18)(H2,14,15,16). The van der Waals surface area contributed by atoms with Gasteiger partial charge in [0.05, 0.1) is 10.5 Å². The molecular weight excluding hydrogens is 294 g/mol. The number of nitrogens with one attached hydrogen (secondary N) is 2. The quantitative estimate of drug-likeness (QED) is 0.754. The van der Waals surface area contributed by atoms with Gasteiger partial charge in [-0.15, -0.1) is 0 Å². The number of rotatable bonds is 6. The number of carbonyl (C=O) groups is 1. The molecule has 0 unspecified atom stereocenters. The number of aromatic carboxylic acids is 1. The summed E-state index contributed by atoms with van der Waals surface area (Å²) in [5.41, 5.74) is 0.871. The second kappa shape index (κ2) is 5.96. The Balaban J connectivity index is 2.18. The molecule has 1 heterocycles.